The molecule has 0 amide bonds. The molecule has 0 aliphatic carbocycles. The van der Waals surface area contributed by atoms with Crippen molar-refractivity contribution in [2.75, 3.05) is 24.2 Å². The highest BCUT2D eigenvalue weighted by molar-refractivity contribution is 7.91. The zero-order chi connectivity index (χ0) is 20.0. The summed E-state index contributed by atoms with van der Waals surface area (Å²) in [6.07, 6.45) is -0.808. The van der Waals surface area contributed by atoms with Gasteiger partial charge in [-0.15, -0.1) is 0 Å². The number of benzene rings is 2. The zero-order valence-electron chi connectivity index (χ0n) is 17.1. The Morgan fingerprint density at radius 1 is 1.18 bits per heavy atom. The van der Waals surface area contributed by atoms with Gasteiger partial charge < -0.3 is 34.0 Å². The number of halogens is 1. The molecule has 0 saturated carbocycles. The third kappa shape index (κ3) is 4.24. The Kier molecular flexibility index (Phi) is 6.88. The topological polar surface area (TPSA) is 57.6 Å². The molecule has 1 aliphatic heterocycles. The van der Waals surface area contributed by atoms with Crippen LogP contribution in [0.2, 0.25) is 0 Å². The minimum atomic E-state index is -3.48. The first-order valence-corrected chi connectivity index (χ1v) is 11.0. The third-order valence-electron chi connectivity index (χ3n) is 5.66. The molecule has 6 heteroatoms. The lowest BCUT2D eigenvalue weighted by Gasteiger charge is -2.34. The molecule has 2 atom stereocenters. The second-order valence-corrected chi connectivity index (χ2v) is 10.3. The Morgan fingerprint density at radius 2 is 1.86 bits per heavy atom. The van der Waals surface area contributed by atoms with E-state index in [2.05, 4.69) is 17.9 Å². The number of rotatable bonds is 3. The maximum absolute atomic E-state index is 13.0. The van der Waals surface area contributed by atoms with Gasteiger partial charge in [0.05, 0.1) is 16.8 Å². The fraction of sp³-hybridized carbons (Fsp3) is 0.455. The number of hydrogen-bond acceptors (Lipinski definition) is 4. The van der Waals surface area contributed by atoms with Crippen LogP contribution in [0.1, 0.15) is 43.4 Å². The first kappa shape index (κ1) is 23.2. The lowest BCUT2D eigenvalue weighted by atomic mass is 9.75. The lowest BCUT2D eigenvalue weighted by Crippen LogP contribution is -3.00. The van der Waals surface area contributed by atoms with E-state index in [1.54, 1.807) is 6.07 Å². The highest BCUT2D eigenvalue weighted by Gasteiger charge is 2.44. The van der Waals surface area contributed by atoms with Crippen LogP contribution in [0, 0.1) is 12.3 Å². The van der Waals surface area contributed by atoms with Gasteiger partial charge in [-0.3, -0.25) is 0 Å². The van der Waals surface area contributed by atoms with Crippen LogP contribution in [0.25, 0.3) is 0 Å². The maximum atomic E-state index is 13.0. The van der Waals surface area contributed by atoms with Gasteiger partial charge in [0.2, 0.25) is 0 Å². The fourth-order valence-corrected chi connectivity index (χ4v) is 6.09. The van der Waals surface area contributed by atoms with E-state index in [1.807, 2.05) is 58.2 Å². The predicted molar refractivity (Wildman–Crippen MR) is 110 cm³/mol. The molecule has 2 aromatic rings. The average Bonchev–Trinajstić information content (AvgIpc) is 2.65. The highest BCUT2D eigenvalue weighted by Crippen LogP contribution is 2.45. The normalized spacial score (nSPS) is 22.5. The summed E-state index contributed by atoms with van der Waals surface area (Å²) in [4.78, 5) is 2.47. The molecule has 3 rings (SSSR count). The first-order chi connectivity index (χ1) is 12.6. The van der Waals surface area contributed by atoms with Crippen LogP contribution in [0.5, 0.6) is 0 Å². The second-order valence-electron chi connectivity index (χ2n) is 8.32. The molecule has 1 aliphatic rings. The molecule has 28 heavy (non-hydrogen) atoms. The number of aryl methyl sites for hydroxylation is 1. The van der Waals surface area contributed by atoms with Crippen LogP contribution in [-0.4, -0.2) is 39.0 Å². The van der Waals surface area contributed by atoms with E-state index in [4.69, 9.17) is 0 Å². The van der Waals surface area contributed by atoms with Crippen molar-refractivity contribution in [3.8, 4) is 0 Å². The van der Waals surface area contributed by atoms with E-state index < -0.39 is 27.3 Å². The van der Waals surface area contributed by atoms with Crippen molar-refractivity contribution in [3.05, 3.63) is 59.2 Å². The number of aliphatic hydroxyl groups is 1. The molecule has 1 N–H and O–H groups in total. The summed E-state index contributed by atoms with van der Waals surface area (Å²) in [5, 5.41) is 11.3. The van der Waals surface area contributed by atoms with Crippen LogP contribution in [0.3, 0.4) is 0 Å². The standard InChI is InChI=1S/C22H29NO3S.HI/c1-6-23(5)17-9-7-8-16(13-17)20-18-12-15(2)10-11-19(18)27(25,26)14-22(3,4)21(20)24;/h7-13,20-21,24H,6,14H2,1-5H3;1H/p-1/t20-,21-;/m1./s1. The summed E-state index contributed by atoms with van der Waals surface area (Å²) in [5.74, 6) is -0.458. The Bertz CT molecular complexity index is 956. The van der Waals surface area contributed by atoms with Crippen molar-refractivity contribution in [2.45, 2.75) is 44.6 Å². The molecular formula is C22H29INO3S-. The molecular weight excluding hydrogens is 485 g/mol. The molecule has 2 aromatic carbocycles. The van der Waals surface area contributed by atoms with Gasteiger partial charge in [-0.05, 0) is 43.2 Å². The van der Waals surface area contributed by atoms with Crippen LogP contribution in [0.15, 0.2) is 47.4 Å². The predicted octanol–water partition coefficient (Wildman–Crippen LogP) is 0.761. The zero-order valence-corrected chi connectivity index (χ0v) is 20.1. The third-order valence-corrected chi connectivity index (χ3v) is 7.82. The van der Waals surface area contributed by atoms with Gasteiger partial charge in [0, 0.05) is 30.6 Å². The summed E-state index contributed by atoms with van der Waals surface area (Å²) in [6, 6.07) is 13.5. The number of fused-ring (bicyclic) bond motifs is 1. The van der Waals surface area contributed by atoms with Gasteiger partial charge in [0.25, 0.3) is 0 Å². The average molecular weight is 514 g/mol. The molecule has 154 valence electrons. The fourth-order valence-electron chi connectivity index (χ4n) is 3.97. The minimum absolute atomic E-state index is 0. The van der Waals surface area contributed by atoms with Gasteiger partial charge in [0.1, 0.15) is 0 Å². The molecule has 0 unspecified atom stereocenters. The minimum Gasteiger partial charge on any atom is -1.00 e. The van der Waals surface area contributed by atoms with Gasteiger partial charge in [-0.25, -0.2) is 8.42 Å². The molecule has 0 radical (unpaired) electrons. The molecule has 0 bridgehead atoms. The summed E-state index contributed by atoms with van der Waals surface area (Å²) in [5.41, 5.74) is 2.93. The van der Waals surface area contributed by atoms with E-state index in [0.29, 0.717) is 10.5 Å². The summed E-state index contributed by atoms with van der Waals surface area (Å²) in [6.45, 7) is 8.58. The summed E-state index contributed by atoms with van der Waals surface area (Å²) >= 11 is 0. The molecule has 4 nitrogen and oxygen atoms in total. The van der Waals surface area contributed by atoms with Crippen LogP contribution in [0.4, 0.5) is 5.69 Å². The molecule has 0 aromatic heterocycles. The van der Waals surface area contributed by atoms with Crippen LogP contribution in [-0.2, 0) is 9.84 Å². The first-order valence-electron chi connectivity index (χ1n) is 9.39. The number of anilines is 1. The van der Waals surface area contributed by atoms with Crippen LogP contribution >= 0.6 is 0 Å². The Hall–Kier alpha value is -1.12. The highest BCUT2D eigenvalue weighted by atomic mass is 127. The SMILES string of the molecule is CCN(C)c1cccc([C@@H]2c3cc(C)ccc3S(=O)(=O)CC(C)(C)[C@@H]2O)c1.[I-]. The molecule has 0 spiro atoms. The second kappa shape index (κ2) is 8.32. The van der Waals surface area contributed by atoms with Gasteiger partial charge >= 0.3 is 0 Å². The van der Waals surface area contributed by atoms with Crippen molar-refractivity contribution in [2.24, 2.45) is 5.41 Å². The van der Waals surface area contributed by atoms with E-state index in [9.17, 15) is 13.5 Å². The van der Waals surface area contributed by atoms with Crippen molar-refractivity contribution in [3.63, 3.8) is 0 Å². The number of sulfone groups is 1. The van der Waals surface area contributed by atoms with Gasteiger partial charge in [0.15, 0.2) is 9.84 Å². The Morgan fingerprint density at radius 3 is 2.50 bits per heavy atom. The quantitative estimate of drug-likeness (QED) is 0.615. The Balaban J connectivity index is 0.00000280. The van der Waals surface area contributed by atoms with E-state index in [-0.39, 0.29) is 29.7 Å². The van der Waals surface area contributed by atoms with E-state index in [1.165, 1.54) is 0 Å². The number of aliphatic hydroxyl groups excluding tert-OH is 1. The monoisotopic (exact) mass is 514 g/mol. The Labute approximate surface area is 185 Å². The largest absolute Gasteiger partial charge is 1.00 e. The van der Waals surface area contributed by atoms with Crippen molar-refractivity contribution >= 4 is 15.5 Å². The number of hydrogen-bond donors (Lipinski definition) is 1. The van der Waals surface area contributed by atoms with E-state index >= 15 is 0 Å². The lowest BCUT2D eigenvalue weighted by molar-refractivity contribution is -0.00000983. The molecule has 1 heterocycles. The van der Waals surface area contributed by atoms with Crippen molar-refractivity contribution in [1.82, 2.24) is 0 Å². The molecule has 0 saturated heterocycles. The summed E-state index contributed by atoms with van der Waals surface area (Å²) in [7, 11) is -1.46. The summed E-state index contributed by atoms with van der Waals surface area (Å²) < 4.78 is 26.1. The van der Waals surface area contributed by atoms with Gasteiger partial charge in [-0.1, -0.05) is 43.7 Å². The van der Waals surface area contributed by atoms with E-state index in [0.717, 1.165) is 23.4 Å². The number of nitrogens with zero attached hydrogens (tertiary/aromatic N) is 1. The maximum Gasteiger partial charge on any atom is 0.179 e. The smallest absolute Gasteiger partial charge is 0.179 e. The van der Waals surface area contributed by atoms with Gasteiger partial charge in [-0.2, -0.15) is 0 Å². The van der Waals surface area contributed by atoms with Crippen molar-refractivity contribution < 1.29 is 37.5 Å². The van der Waals surface area contributed by atoms with Crippen LogP contribution < -0.4 is 28.9 Å². The molecule has 0 fully saturated rings. The van der Waals surface area contributed by atoms with Crippen molar-refractivity contribution in [1.29, 1.82) is 0 Å².